The lowest BCUT2D eigenvalue weighted by Crippen LogP contribution is -2.38. The minimum absolute atomic E-state index is 0.0414. The molecule has 6 nitrogen and oxygen atoms in total. The molecule has 0 spiro atoms. The first-order chi connectivity index (χ1) is 9.56. The van der Waals surface area contributed by atoms with E-state index in [1.54, 1.807) is 37.5 Å². The lowest BCUT2D eigenvalue weighted by atomic mass is 10.0. The first kappa shape index (κ1) is 12.6. The van der Waals surface area contributed by atoms with Gasteiger partial charge >= 0.3 is 0 Å². The standard InChI is InChI=1S/C14H14N2O4/c1-14(18,12-3-2-5-20-12)8-15-13(17)10-7-11-9(16-10)4-6-19-11/h2-7,16,18H,8H2,1H3,(H,15,17). The summed E-state index contributed by atoms with van der Waals surface area (Å²) in [6, 6.07) is 6.70. The molecule has 0 fully saturated rings. The molecule has 0 aliphatic carbocycles. The van der Waals surface area contributed by atoms with Crippen molar-refractivity contribution in [3.63, 3.8) is 0 Å². The molecule has 3 aromatic rings. The lowest BCUT2D eigenvalue weighted by Gasteiger charge is -2.20. The third-order valence-electron chi connectivity index (χ3n) is 3.13. The minimum Gasteiger partial charge on any atom is -0.466 e. The molecule has 3 rings (SSSR count). The van der Waals surface area contributed by atoms with Gasteiger partial charge in [-0.15, -0.1) is 0 Å². The van der Waals surface area contributed by atoms with Crippen molar-refractivity contribution in [3.8, 4) is 0 Å². The van der Waals surface area contributed by atoms with E-state index in [0.29, 0.717) is 17.0 Å². The maximum atomic E-state index is 12.0. The zero-order valence-electron chi connectivity index (χ0n) is 10.8. The Balaban J connectivity index is 1.69. The van der Waals surface area contributed by atoms with E-state index in [1.165, 1.54) is 6.26 Å². The van der Waals surface area contributed by atoms with Crippen LogP contribution in [0.1, 0.15) is 23.2 Å². The van der Waals surface area contributed by atoms with E-state index >= 15 is 0 Å². The molecule has 0 radical (unpaired) electrons. The van der Waals surface area contributed by atoms with E-state index in [0.717, 1.165) is 5.52 Å². The van der Waals surface area contributed by atoms with Gasteiger partial charge in [0.1, 0.15) is 17.1 Å². The molecule has 3 aromatic heterocycles. The summed E-state index contributed by atoms with van der Waals surface area (Å²) < 4.78 is 10.3. The molecule has 0 saturated carbocycles. The van der Waals surface area contributed by atoms with E-state index in [1.807, 2.05) is 0 Å². The molecule has 0 bridgehead atoms. The zero-order chi connectivity index (χ0) is 14.2. The topological polar surface area (TPSA) is 91.4 Å². The minimum atomic E-state index is -1.26. The van der Waals surface area contributed by atoms with Crippen molar-refractivity contribution in [1.29, 1.82) is 0 Å². The van der Waals surface area contributed by atoms with Gasteiger partial charge in [-0.05, 0) is 19.1 Å². The molecule has 0 aliphatic heterocycles. The van der Waals surface area contributed by atoms with E-state index in [4.69, 9.17) is 8.83 Å². The predicted octanol–water partition coefficient (Wildman–Crippen LogP) is 1.99. The lowest BCUT2D eigenvalue weighted by molar-refractivity contribution is 0.0329. The first-order valence-electron chi connectivity index (χ1n) is 6.17. The monoisotopic (exact) mass is 274 g/mol. The van der Waals surface area contributed by atoms with Gasteiger partial charge in [0, 0.05) is 12.1 Å². The number of furan rings is 2. The van der Waals surface area contributed by atoms with Crippen LogP contribution in [0.3, 0.4) is 0 Å². The molecule has 1 unspecified atom stereocenters. The Labute approximate surface area is 114 Å². The van der Waals surface area contributed by atoms with Crippen LogP contribution in [0.5, 0.6) is 0 Å². The first-order valence-corrected chi connectivity index (χ1v) is 6.17. The van der Waals surface area contributed by atoms with Crippen molar-refractivity contribution >= 4 is 17.0 Å². The van der Waals surface area contributed by atoms with Gasteiger partial charge in [-0.25, -0.2) is 0 Å². The van der Waals surface area contributed by atoms with E-state index in [2.05, 4.69) is 10.3 Å². The smallest absolute Gasteiger partial charge is 0.267 e. The molecule has 6 heteroatoms. The Morgan fingerprint density at radius 3 is 2.95 bits per heavy atom. The highest BCUT2D eigenvalue weighted by Crippen LogP contribution is 2.20. The van der Waals surface area contributed by atoms with Crippen LogP contribution in [0, 0.1) is 0 Å². The fraction of sp³-hybridized carbons (Fsp3) is 0.214. The van der Waals surface area contributed by atoms with Crippen molar-refractivity contribution in [2.75, 3.05) is 6.54 Å². The zero-order valence-corrected chi connectivity index (χ0v) is 10.8. The molecular weight excluding hydrogens is 260 g/mol. The summed E-state index contributed by atoms with van der Waals surface area (Å²) >= 11 is 0. The van der Waals surface area contributed by atoms with Crippen LogP contribution in [-0.2, 0) is 5.60 Å². The van der Waals surface area contributed by atoms with E-state index < -0.39 is 5.60 Å². The van der Waals surface area contributed by atoms with Crippen molar-refractivity contribution in [2.45, 2.75) is 12.5 Å². The van der Waals surface area contributed by atoms with Gasteiger partial charge in [-0.2, -0.15) is 0 Å². The van der Waals surface area contributed by atoms with Gasteiger partial charge in [0.15, 0.2) is 5.58 Å². The maximum absolute atomic E-state index is 12.0. The molecule has 0 aliphatic rings. The van der Waals surface area contributed by atoms with Crippen LogP contribution in [0.15, 0.2) is 45.6 Å². The SMILES string of the molecule is CC(O)(CNC(=O)c1cc2occc2[nH]1)c1ccco1. The molecule has 104 valence electrons. The molecule has 0 saturated heterocycles. The number of hydrogen-bond donors (Lipinski definition) is 3. The highest BCUT2D eigenvalue weighted by Gasteiger charge is 2.27. The van der Waals surface area contributed by atoms with Crippen LogP contribution < -0.4 is 5.32 Å². The number of amides is 1. The van der Waals surface area contributed by atoms with E-state index in [9.17, 15) is 9.90 Å². The Bertz CT molecular complexity index is 693. The normalized spacial score (nSPS) is 14.3. The Morgan fingerprint density at radius 1 is 1.40 bits per heavy atom. The van der Waals surface area contributed by atoms with Gasteiger partial charge in [0.05, 0.1) is 24.6 Å². The van der Waals surface area contributed by atoms with Crippen LogP contribution in [-0.4, -0.2) is 22.5 Å². The van der Waals surface area contributed by atoms with Crippen LogP contribution in [0.2, 0.25) is 0 Å². The average Bonchev–Trinajstić information content (AvgIpc) is 3.10. The second kappa shape index (κ2) is 4.57. The number of aromatic amines is 1. The van der Waals surface area contributed by atoms with Crippen molar-refractivity contribution in [2.24, 2.45) is 0 Å². The largest absolute Gasteiger partial charge is 0.466 e. The molecule has 1 atom stereocenters. The number of fused-ring (bicyclic) bond motifs is 1. The van der Waals surface area contributed by atoms with E-state index in [-0.39, 0.29) is 12.5 Å². The Morgan fingerprint density at radius 2 is 2.25 bits per heavy atom. The predicted molar refractivity (Wildman–Crippen MR) is 71.2 cm³/mol. The van der Waals surface area contributed by atoms with Gasteiger partial charge in [0.25, 0.3) is 5.91 Å². The molecule has 3 heterocycles. The number of H-pyrrole nitrogens is 1. The van der Waals surface area contributed by atoms with Crippen molar-refractivity contribution in [3.05, 3.63) is 48.2 Å². The summed E-state index contributed by atoms with van der Waals surface area (Å²) in [4.78, 5) is 14.9. The Kier molecular flexibility index (Phi) is 2.87. The fourth-order valence-electron chi connectivity index (χ4n) is 1.99. The number of aromatic nitrogens is 1. The average molecular weight is 274 g/mol. The second-order valence-corrected chi connectivity index (χ2v) is 4.82. The molecular formula is C14H14N2O4. The van der Waals surface area contributed by atoms with Gasteiger partial charge in [-0.1, -0.05) is 0 Å². The van der Waals surface area contributed by atoms with Crippen LogP contribution in [0.4, 0.5) is 0 Å². The molecule has 20 heavy (non-hydrogen) atoms. The second-order valence-electron chi connectivity index (χ2n) is 4.82. The highest BCUT2D eigenvalue weighted by atomic mass is 16.4. The number of carbonyl (C=O) groups is 1. The summed E-state index contributed by atoms with van der Waals surface area (Å²) in [5.41, 5.74) is 0.501. The van der Waals surface area contributed by atoms with Crippen molar-refractivity contribution in [1.82, 2.24) is 10.3 Å². The highest BCUT2D eigenvalue weighted by molar-refractivity contribution is 5.96. The number of rotatable bonds is 4. The maximum Gasteiger partial charge on any atom is 0.267 e. The number of nitrogens with one attached hydrogen (secondary N) is 2. The molecule has 3 N–H and O–H groups in total. The van der Waals surface area contributed by atoms with Crippen LogP contribution >= 0.6 is 0 Å². The summed E-state index contributed by atoms with van der Waals surface area (Å²) in [5.74, 6) is 0.0845. The van der Waals surface area contributed by atoms with Crippen molar-refractivity contribution < 1.29 is 18.7 Å². The fourth-order valence-corrected chi connectivity index (χ4v) is 1.99. The van der Waals surface area contributed by atoms with Crippen LogP contribution in [0.25, 0.3) is 11.1 Å². The summed E-state index contributed by atoms with van der Waals surface area (Å²) in [5, 5.41) is 12.9. The number of hydrogen-bond acceptors (Lipinski definition) is 4. The number of carbonyl (C=O) groups excluding carboxylic acids is 1. The third kappa shape index (κ3) is 2.21. The Hall–Kier alpha value is -2.47. The summed E-state index contributed by atoms with van der Waals surface area (Å²) in [6.07, 6.45) is 3.02. The quantitative estimate of drug-likeness (QED) is 0.678. The number of aliphatic hydroxyl groups is 1. The third-order valence-corrected chi connectivity index (χ3v) is 3.13. The molecule has 0 aromatic carbocycles. The summed E-state index contributed by atoms with van der Waals surface area (Å²) in [7, 11) is 0. The van der Waals surface area contributed by atoms with Gasteiger partial charge in [0.2, 0.25) is 0 Å². The summed E-state index contributed by atoms with van der Waals surface area (Å²) in [6.45, 7) is 1.62. The molecule has 1 amide bonds. The van der Waals surface area contributed by atoms with Gasteiger partial charge < -0.3 is 24.2 Å². The van der Waals surface area contributed by atoms with Gasteiger partial charge in [-0.3, -0.25) is 4.79 Å².